The van der Waals surface area contributed by atoms with Crippen LogP contribution in [0.5, 0.6) is 5.75 Å². The molecule has 6 nitrogen and oxygen atoms in total. The van der Waals surface area contributed by atoms with Crippen molar-refractivity contribution in [3.8, 4) is 5.75 Å². The molecular formula is C19H23ClF3N5O. The van der Waals surface area contributed by atoms with Gasteiger partial charge in [-0.05, 0) is 18.2 Å². The highest BCUT2D eigenvalue weighted by Crippen LogP contribution is 2.31. The van der Waals surface area contributed by atoms with E-state index in [1.54, 1.807) is 37.1 Å². The van der Waals surface area contributed by atoms with Crippen LogP contribution in [0.15, 0.2) is 24.3 Å². The number of aromatic nitrogens is 2. The second-order valence-corrected chi connectivity index (χ2v) is 7.46. The first-order valence-corrected chi connectivity index (χ1v) is 9.48. The Bertz CT molecular complexity index is 854. The Kier molecular flexibility index (Phi) is 6.38. The third kappa shape index (κ3) is 5.22. The molecule has 1 aromatic heterocycles. The number of rotatable bonds is 5. The van der Waals surface area contributed by atoms with Gasteiger partial charge in [-0.3, -0.25) is 4.90 Å². The van der Waals surface area contributed by atoms with Crippen molar-refractivity contribution in [3.63, 3.8) is 0 Å². The van der Waals surface area contributed by atoms with E-state index in [2.05, 4.69) is 14.9 Å². The lowest BCUT2D eigenvalue weighted by Gasteiger charge is -2.35. The Morgan fingerprint density at radius 2 is 1.79 bits per heavy atom. The minimum absolute atomic E-state index is 0.100. The maximum Gasteiger partial charge on any atom is 0.433 e. The van der Waals surface area contributed by atoms with Crippen LogP contribution in [0.2, 0.25) is 5.02 Å². The van der Waals surface area contributed by atoms with Crippen LogP contribution in [0.4, 0.5) is 24.9 Å². The first-order valence-electron chi connectivity index (χ1n) is 9.10. The monoisotopic (exact) mass is 429 g/mol. The molecule has 10 heteroatoms. The summed E-state index contributed by atoms with van der Waals surface area (Å²) in [7, 11) is 4.92. The van der Waals surface area contributed by atoms with Crippen molar-refractivity contribution in [1.29, 1.82) is 0 Å². The number of anilines is 2. The Balaban J connectivity index is 1.72. The minimum Gasteiger partial charge on any atom is -0.496 e. The van der Waals surface area contributed by atoms with Crippen molar-refractivity contribution in [2.24, 2.45) is 0 Å². The summed E-state index contributed by atoms with van der Waals surface area (Å²) >= 11 is 6.09. The van der Waals surface area contributed by atoms with Gasteiger partial charge < -0.3 is 14.5 Å². The van der Waals surface area contributed by atoms with E-state index in [4.69, 9.17) is 16.3 Å². The molecule has 2 heterocycles. The van der Waals surface area contributed by atoms with Crippen LogP contribution in [0.3, 0.4) is 0 Å². The fourth-order valence-corrected chi connectivity index (χ4v) is 3.35. The van der Waals surface area contributed by atoms with Crippen molar-refractivity contribution >= 4 is 23.4 Å². The van der Waals surface area contributed by atoms with Gasteiger partial charge >= 0.3 is 6.18 Å². The van der Waals surface area contributed by atoms with Gasteiger partial charge in [0.15, 0.2) is 5.69 Å². The molecule has 0 amide bonds. The maximum atomic E-state index is 13.2. The highest BCUT2D eigenvalue weighted by molar-refractivity contribution is 6.30. The predicted molar refractivity (Wildman–Crippen MR) is 107 cm³/mol. The Hall–Kier alpha value is -2.26. The van der Waals surface area contributed by atoms with Crippen LogP contribution in [0, 0.1) is 0 Å². The third-order valence-electron chi connectivity index (χ3n) is 4.74. The lowest BCUT2D eigenvalue weighted by Crippen LogP contribution is -2.46. The normalized spacial score (nSPS) is 15.5. The number of halogens is 4. The Morgan fingerprint density at radius 3 is 2.38 bits per heavy atom. The summed E-state index contributed by atoms with van der Waals surface area (Å²) in [5, 5.41) is 0.632. The van der Waals surface area contributed by atoms with Gasteiger partial charge in [0, 0.05) is 63.5 Å². The quantitative estimate of drug-likeness (QED) is 0.724. The molecule has 1 aliphatic rings. The number of hydrogen-bond acceptors (Lipinski definition) is 6. The van der Waals surface area contributed by atoms with Crippen LogP contribution < -0.4 is 14.5 Å². The molecular weight excluding hydrogens is 407 g/mol. The predicted octanol–water partition coefficient (Wildman–Crippen LogP) is 3.55. The average Bonchev–Trinajstić information content (AvgIpc) is 2.68. The molecule has 0 spiro atoms. The zero-order valence-corrected chi connectivity index (χ0v) is 17.3. The lowest BCUT2D eigenvalue weighted by atomic mass is 10.1. The summed E-state index contributed by atoms with van der Waals surface area (Å²) in [5.41, 5.74) is 0.0379. The first kappa shape index (κ1) is 21.4. The largest absolute Gasteiger partial charge is 0.496 e. The molecule has 3 rings (SSSR count). The van der Waals surface area contributed by atoms with E-state index < -0.39 is 11.9 Å². The molecule has 1 saturated heterocycles. The smallest absolute Gasteiger partial charge is 0.433 e. The first-order chi connectivity index (χ1) is 13.7. The highest BCUT2D eigenvalue weighted by Gasteiger charge is 2.35. The molecule has 0 unspecified atom stereocenters. The summed E-state index contributed by atoms with van der Waals surface area (Å²) in [5.74, 6) is 1.09. The van der Waals surface area contributed by atoms with E-state index in [1.165, 1.54) is 0 Å². The summed E-state index contributed by atoms with van der Waals surface area (Å²) in [6.45, 7) is 3.01. The van der Waals surface area contributed by atoms with Gasteiger partial charge in [0.1, 0.15) is 11.6 Å². The molecule has 158 valence electrons. The molecule has 0 aliphatic carbocycles. The molecule has 1 fully saturated rings. The summed E-state index contributed by atoms with van der Waals surface area (Å²) in [6.07, 6.45) is -4.52. The van der Waals surface area contributed by atoms with Crippen molar-refractivity contribution in [1.82, 2.24) is 14.9 Å². The molecule has 0 radical (unpaired) electrons. The molecule has 0 bridgehead atoms. The van der Waals surface area contributed by atoms with E-state index in [1.807, 2.05) is 12.1 Å². The molecule has 2 aromatic rings. The number of nitrogens with zero attached hydrogens (tertiary/aromatic N) is 5. The SMILES string of the molecule is COc1ccc(Cl)cc1CN1CCN(c2nc(N(C)C)cc(C(F)(F)F)n2)CC1. The van der Waals surface area contributed by atoms with E-state index in [-0.39, 0.29) is 11.8 Å². The Morgan fingerprint density at radius 1 is 1.10 bits per heavy atom. The van der Waals surface area contributed by atoms with Gasteiger partial charge in [-0.15, -0.1) is 0 Å². The molecule has 0 N–H and O–H groups in total. The van der Waals surface area contributed by atoms with Crippen LogP contribution in [0.1, 0.15) is 11.3 Å². The zero-order chi connectivity index (χ0) is 21.2. The highest BCUT2D eigenvalue weighted by atomic mass is 35.5. The summed E-state index contributed by atoms with van der Waals surface area (Å²) in [6, 6.07) is 6.43. The molecule has 0 saturated carbocycles. The number of benzene rings is 1. The van der Waals surface area contributed by atoms with Crippen LogP contribution in [0.25, 0.3) is 0 Å². The second kappa shape index (κ2) is 8.62. The van der Waals surface area contributed by atoms with E-state index >= 15 is 0 Å². The fraction of sp³-hybridized carbons (Fsp3) is 0.474. The van der Waals surface area contributed by atoms with Crippen LogP contribution in [-0.4, -0.2) is 62.3 Å². The zero-order valence-electron chi connectivity index (χ0n) is 16.5. The second-order valence-electron chi connectivity index (χ2n) is 7.02. The van der Waals surface area contributed by atoms with Crippen LogP contribution >= 0.6 is 11.6 Å². The topological polar surface area (TPSA) is 44.7 Å². The van der Waals surface area contributed by atoms with Gasteiger partial charge in [-0.1, -0.05) is 11.6 Å². The fourth-order valence-electron chi connectivity index (χ4n) is 3.16. The molecule has 29 heavy (non-hydrogen) atoms. The number of piperazine rings is 1. The van der Waals surface area contributed by atoms with E-state index in [9.17, 15) is 13.2 Å². The number of ether oxygens (including phenoxy) is 1. The van der Waals surface area contributed by atoms with Gasteiger partial charge in [0.05, 0.1) is 7.11 Å². The minimum atomic E-state index is -4.52. The van der Waals surface area contributed by atoms with Gasteiger partial charge in [0.25, 0.3) is 0 Å². The maximum absolute atomic E-state index is 13.2. The lowest BCUT2D eigenvalue weighted by molar-refractivity contribution is -0.141. The average molecular weight is 430 g/mol. The summed E-state index contributed by atoms with van der Waals surface area (Å²) < 4.78 is 45.1. The number of hydrogen-bond donors (Lipinski definition) is 0. The summed E-state index contributed by atoms with van der Waals surface area (Å²) in [4.78, 5) is 13.6. The molecule has 1 aliphatic heterocycles. The number of alkyl halides is 3. The van der Waals surface area contributed by atoms with Crippen molar-refractivity contribution in [2.45, 2.75) is 12.7 Å². The van der Waals surface area contributed by atoms with Gasteiger partial charge in [-0.25, -0.2) is 4.98 Å². The Labute approximate surface area is 172 Å². The molecule has 0 atom stereocenters. The van der Waals surface area contributed by atoms with E-state index in [0.717, 1.165) is 17.4 Å². The van der Waals surface area contributed by atoms with Crippen molar-refractivity contribution < 1.29 is 17.9 Å². The van der Waals surface area contributed by atoms with Crippen LogP contribution in [-0.2, 0) is 12.7 Å². The van der Waals surface area contributed by atoms with Crippen molar-refractivity contribution in [3.05, 3.63) is 40.5 Å². The number of methoxy groups -OCH3 is 1. The van der Waals surface area contributed by atoms with Crippen molar-refractivity contribution in [2.75, 3.05) is 57.2 Å². The van der Waals surface area contributed by atoms with Gasteiger partial charge in [-0.2, -0.15) is 18.2 Å². The third-order valence-corrected chi connectivity index (χ3v) is 4.98. The molecule has 1 aromatic carbocycles. The van der Waals surface area contributed by atoms with E-state index in [0.29, 0.717) is 37.7 Å². The standard InChI is InChI=1S/C19H23ClF3N5O/c1-26(2)17-11-16(19(21,22)23)24-18(25-17)28-8-6-27(7-9-28)12-13-10-14(20)4-5-15(13)29-3/h4-5,10-11H,6-9,12H2,1-3H3. The van der Waals surface area contributed by atoms with Gasteiger partial charge in [0.2, 0.25) is 5.95 Å².